The van der Waals surface area contributed by atoms with Crippen LogP contribution in [-0.2, 0) is 19.1 Å². The monoisotopic (exact) mass is 472 g/mol. The third-order valence-corrected chi connectivity index (χ3v) is 7.34. The van der Waals surface area contributed by atoms with Gasteiger partial charge in [0.1, 0.15) is 17.4 Å². The number of rotatable bonds is 4. The fourth-order valence-electron chi connectivity index (χ4n) is 5.88. The first kappa shape index (κ1) is 25.0. The average molecular weight is 473 g/mol. The molecule has 3 aliphatic heterocycles. The number of nitrogens with zero attached hydrogens (tertiary/aromatic N) is 1. The SMILES string of the molecule is CC(=O)N[C@H](C(=O)N1CC[C@@H]2O[C@@H]3c4ccccc4OC(C)(C)[C@H]3C[C@@H]2C1)[C@@H](C)OC(C)(C)C. The molecule has 6 atom stereocenters. The number of nitrogens with one attached hydrogen (secondary N) is 1. The van der Waals surface area contributed by atoms with Crippen LogP contribution in [0, 0.1) is 11.8 Å². The highest BCUT2D eigenvalue weighted by molar-refractivity contribution is 5.87. The molecule has 7 heteroatoms. The predicted octanol–water partition coefficient (Wildman–Crippen LogP) is 3.86. The molecule has 188 valence electrons. The van der Waals surface area contributed by atoms with Gasteiger partial charge in [0, 0.05) is 37.4 Å². The van der Waals surface area contributed by atoms with Gasteiger partial charge in [0.25, 0.3) is 0 Å². The summed E-state index contributed by atoms with van der Waals surface area (Å²) in [7, 11) is 0. The van der Waals surface area contributed by atoms with Crippen molar-refractivity contribution in [3.05, 3.63) is 29.8 Å². The summed E-state index contributed by atoms with van der Waals surface area (Å²) in [6, 6.07) is 7.45. The van der Waals surface area contributed by atoms with E-state index in [2.05, 4.69) is 25.2 Å². The molecule has 0 aliphatic carbocycles. The second-order valence-electron chi connectivity index (χ2n) is 11.6. The Hall–Kier alpha value is -2.12. The Morgan fingerprint density at radius 3 is 2.62 bits per heavy atom. The Morgan fingerprint density at radius 2 is 1.94 bits per heavy atom. The zero-order valence-corrected chi connectivity index (χ0v) is 21.6. The van der Waals surface area contributed by atoms with Crippen molar-refractivity contribution in [3.8, 4) is 5.75 Å². The van der Waals surface area contributed by atoms with Crippen molar-refractivity contribution in [2.75, 3.05) is 13.1 Å². The van der Waals surface area contributed by atoms with E-state index in [9.17, 15) is 9.59 Å². The van der Waals surface area contributed by atoms with Crippen LogP contribution >= 0.6 is 0 Å². The van der Waals surface area contributed by atoms with Crippen LogP contribution < -0.4 is 10.1 Å². The molecule has 2 amide bonds. The third-order valence-electron chi connectivity index (χ3n) is 7.34. The lowest BCUT2D eigenvalue weighted by Gasteiger charge is -2.53. The van der Waals surface area contributed by atoms with Gasteiger partial charge in [0.05, 0.1) is 23.9 Å². The van der Waals surface area contributed by atoms with Gasteiger partial charge in [0.15, 0.2) is 0 Å². The molecule has 1 aromatic carbocycles. The molecule has 3 heterocycles. The molecule has 4 rings (SSSR count). The van der Waals surface area contributed by atoms with Gasteiger partial charge in [-0.2, -0.15) is 0 Å². The van der Waals surface area contributed by atoms with Crippen molar-refractivity contribution < 1.29 is 23.8 Å². The maximum Gasteiger partial charge on any atom is 0.247 e. The fourth-order valence-corrected chi connectivity index (χ4v) is 5.88. The smallest absolute Gasteiger partial charge is 0.247 e. The van der Waals surface area contributed by atoms with Crippen molar-refractivity contribution in [2.24, 2.45) is 11.8 Å². The number of likely N-dealkylation sites (tertiary alicyclic amines) is 1. The quantitative estimate of drug-likeness (QED) is 0.720. The molecule has 1 aromatic rings. The molecule has 2 saturated heterocycles. The van der Waals surface area contributed by atoms with Crippen molar-refractivity contribution in [3.63, 3.8) is 0 Å². The molecule has 7 nitrogen and oxygen atoms in total. The van der Waals surface area contributed by atoms with Crippen LogP contribution in [0.5, 0.6) is 5.75 Å². The first-order valence-corrected chi connectivity index (χ1v) is 12.5. The molecule has 0 saturated carbocycles. The van der Waals surface area contributed by atoms with Gasteiger partial charge in [-0.15, -0.1) is 0 Å². The molecule has 0 spiro atoms. The van der Waals surface area contributed by atoms with Crippen LogP contribution in [0.25, 0.3) is 0 Å². The van der Waals surface area contributed by atoms with Crippen molar-refractivity contribution >= 4 is 11.8 Å². The third kappa shape index (κ3) is 5.10. The summed E-state index contributed by atoms with van der Waals surface area (Å²) in [6.07, 6.45) is 1.39. The highest BCUT2D eigenvalue weighted by Gasteiger charge is 2.52. The maximum atomic E-state index is 13.6. The molecular formula is C27H40N2O5. The van der Waals surface area contributed by atoms with Gasteiger partial charge in [-0.25, -0.2) is 0 Å². The van der Waals surface area contributed by atoms with Crippen molar-refractivity contribution in [1.29, 1.82) is 0 Å². The number of para-hydroxylation sites is 1. The van der Waals surface area contributed by atoms with Gasteiger partial charge >= 0.3 is 0 Å². The Kier molecular flexibility index (Phi) is 6.73. The fraction of sp³-hybridized carbons (Fsp3) is 0.704. The summed E-state index contributed by atoms with van der Waals surface area (Å²) in [6.45, 7) is 14.6. The van der Waals surface area contributed by atoms with E-state index in [1.54, 1.807) is 0 Å². The molecule has 1 N–H and O–H groups in total. The minimum absolute atomic E-state index is 0.00999. The zero-order valence-electron chi connectivity index (χ0n) is 21.6. The largest absolute Gasteiger partial charge is 0.487 e. The van der Waals surface area contributed by atoms with Gasteiger partial charge < -0.3 is 24.4 Å². The van der Waals surface area contributed by atoms with Crippen molar-refractivity contribution in [2.45, 2.75) is 96.9 Å². The van der Waals surface area contributed by atoms with E-state index < -0.39 is 17.7 Å². The summed E-state index contributed by atoms with van der Waals surface area (Å²) in [4.78, 5) is 27.4. The molecule has 34 heavy (non-hydrogen) atoms. The second-order valence-corrected chi connectivity index (χ2v) is 11.6. The Bertz CT molecular complexity index is 924. The summed E-state index contributed by atoms with van der Waals surface area (Å²) >= 11 is 0. The van der Waals surface area contributed by atoms with Gasteiger partial charge in [-0.05, 0) is 60.5 Å². The standard InChI is InChI=1S/C27H40N2O5/c1-16(33-26(3,4)5)23(28-17(2)30)25(31)29-13-12-21-18(15-29)14-20-24(32-21)19-10-8-9-11-22(19)34-27(20,6)7/h8-11,16,18,20-21,23-24H,12-15H2,1-7H3,(H,28,30)/t16-,18-,20+,21+,23+,24-/m1/s1. The van der Waals surface area contributed by atoms with Gasteiger partial charge in [0.2, 0.25) is 11.8 Å². The zero-order chi connectivity index (χ0) is 24.8. The molecular weight excluding hydrogens is 432 g/mol. The van der Waals surface area contributed by atoms with E-state index in [1.165, 1.54) is 6.92 Å². The second kappa shape index (κ2) is 9.15. The number of hydrogen-bond donors (Lipinski definition) is 1. The summed E-state index contributed by atoms with van der Waals surface area (Å²) < 4.78 is 19.1. The molecule has 0 radical (unpaired) electrons. The number of carbonyl (C=O) groups excluding carboxylic acids is 2. The normalized spacial score (nSPS) is 29.6. The van der Waals surface area contributed by atoms with E-state index >= 15 is 0 Å². The molecule has 0 unspecified atom stereocenters. The van der Waals surface area contributed by atoms with Crippen LogP contribution in [0.3, 0.4) is 0 Å². The summed E-state index contributed by atoms with van der Waals surface area (Å²) in [5.41, 5.74) is 0.352. The number of ether oxygens (including phenoxy) is 3. The first-order valence-electron chi connectivity index (χ1n) is 12.5. The van der Waals surface area contributed by atoms with Gasteiger partial charge in [-0.3, -0.25) is 9.59 Å². The molecule has 2 fully saturated rings. The minimum Gasteiger partial charge on any atom is -0.487 e. The topological polar surface area (TPSA) is 77.1 Å². The van der Waals surface area contributed by atoms with Crippen LogP contribution in [0.15, 0.2) is 24.3 Å². The average Bonchev–Trinajstić information content (AvgIpc) is 2.74. The summed E-state index contributed by atoms with van der Waals surface area (Å²) in [5.74, 6) is 1.01. The molecule has 0 aromatic heterocycles. The number of carbonyl (C=O) groups is 2. The Balaban J connectivity index is 1.50. The van der Waals surface area contributed by atoms with E-state index in [4.69, 9.17) is 14.2 Å². The van der Waals surface area contributed by atoms with Gasteiger partial charge in [-0.1, -0.05) is 18.2 Å². The highest BCUT2D eigenvalue weighted by Crippen LogP contribution is 2.52. The Labute approximate surface area is 203 Å². The number of piperidine rings is 1. The molecule has 0 bridgehead atoms. The lowest BCUT2D eigenvalue weighted by atomic mass is 9.70. The van der Waals surface area contributed by atoms with E-state index in [-0.39, 0.29) is 41.5 Å². The van der Waals surface area contributed by atoms with Crippen molar-refractivity contribution in [1.82, 2.24) is 10.2 Å². The summed E-state index contributed by atoms with van der Waals surface area (Å²) in [5, 5.41) is 2.83. The van der Waals surface area contributed by atoms with E-state index in [1.807, 2.05) is 50.8 Å². The number of hydrogen-bond acceptors (Lipinski definition) is 5. The van der Waals surface area contributed by atoms with Crippen LogP contribution in [-0.4, -0.2) is 59.3 Å². The van der Waals surface area contributed by atoms with Crippen LogP contribution in [0.2, 0.25) is 0 Å². The lowest BCUT2D eigenvalue weighted by Crippen LogP contribution is -2.60. The molecule has 3 aliphatic rings. The first-order chi connectivity index (χ1) is 15.9. The maximum absolute atomic E-state index is 13.6. The van der Waals surface area contributed by atoms with E-state index in [0.717, 1.165) is 24.2 Å². The lowest BCUT2D eigenvalue weighted by molar-refractivity contribution is -0.190. The van der Waals surface area contributed by atoms with Crippen LogP contribution in [0.1, 0.15) is 73.0 Å². The number of amides is 2. The predicted molar refractivity (Wildman–Crippen MR) is 129 cm³/mol. The highest BCUT2D eigenvalue weighted by atomic mass is 16.5. The Morgan fingerprint density at radius 1 is 1.24 bits per heavy atom. The number of fused-ring (bicyclic) bond motifs is 4. The van der Waals surface area contributed by atoms with Crippen LogP contribution in [0.4, 0.5) is 0 Å². The van der Waals surface area contributed by atoms with E-state index in [0.29, 0.717) is 13.1 Å². The number of benzene rings is 1. The minimum atomic E-state index is -0.716.